The molecular weight excluding hydrogens is 124 g/mol. The molecule has 50 valence electrons. The van der Waals surface area contributed by atoms with E-state index in [-0.39, 0.29) is 6.61 Å². The first kappa shape index (κ1) is 8.64. The van der Waals surface area contributed by atoms with Crippen LogP contribution in [0.4, 0.5) is 0 Å². The summed E-state index contributed by atoms with van der Waals surface area (Å²) in [6.07, 6.45) is 6.21. The predicted octanol–water partition coefficient (Wildman–Crippen LogP) is 0.399. The van der Waals surface area contributed by atoms with Crippen molar-refractivity contribution in [3.8, 4) is 36.0 Å². The van der Waals surface area contributed by atoms with Gasteiger partial charge >= 0.3 is 0 Å². The summed E-state index contributed by atoms with van der Waals surface area (Å²) >= 11 is 0. The van der Waals surface area contributed by atoms with Crippen molar-refractivity contribution in [2.75, 3.05) is 6.61 Å². The molecule has 0 amide bonds. The number of aliphatic hydroxyl groups excluding tert-OH is 1. The Morgan fingerprint density at radius 1 is 1.20 bits per heavy atom. The minimum absolute atomic E-state index is 0.178. The molecular formula is C9H8O. The van der Waals surface area contributed by atoms with Gasteiger partial charge in [-0.25, -0.2) is 0 Å². The lowest BCUT2D eigenvalue weighted by Gasteiger charge is -1.80. The normalized spacial score (nSPS) is 6.00. The van der Waals surface area contributed by atoms with E-state index in [9.17, 15) is 0 Å². The van der Waals surface area contributed by atoms with Crippen molar-refractivity contribution in [2.24, 2.45) is 0 Å². The van der Waals surface area contributed by atoms with Gasteiger partial charge in [0.2, 0.25) is 0 Å². The third kappa shape index (κ3) is 6.64. The van der Waals surface area contributed by atoms with Crippen molar-refractivity contribution in [1.82, 2.24) is 0 Å². The van der Waals surface area contributed by atoms with Gasteiger partial charge in [-0.2, -0.15) is 0 Å². The van der Waals surface area contributed by atoms with Crippen LogP contribution in [0, 0.1) is 36.0 Å². The van der Waals surface area contributed by atoms with Gasteiger partial charge in [-0.1, -0.05) is 5.92 Å². The van der Waals surface area contributed by atoms with E-state index in [1.54, 1.807) is 0 Å². The molecule has 0 radical (unpaired) electrons. The molecule has 0 aliphatic heterocycles. The first-order valence-electron chi connectivity index (χ1n) is 2.96. The Morgan fingerprint density at radius 3 is 2.60 bits per heavy atom. The van der Waals surface area contributed by atoms with Crippen molar-refractivity contribution in [3.05, 3.63) is 0 Å². The molecule has 1 nitrogen and oxygen atoms in total. The van der Waals surface area contributed by atoms with Crippen LogP contribution < -0.4 is 0 Å². The van der Waals surface area contributed by atoms with Gasteiger partial charge in [-0.05, 0) is 30.1 Å². The van der Waals surface area contributed by atoms with Crippen LogP contribution >= 0.6 is 0 Å². The zero-order valence-electron chi connectivity index (χ0n) is 5.65. The van der Waals surface area contributed by atoms with Crippen LogP contribution in [-0.2, 0) is 0 Å². The van der Waals surface area contributed by atoms with Crippen LogP contribution in [0.2, 0.25) is 0 Å². The van der Waals surface area contributed by atoms with E-state index in [0.717, 1.165) is 0 Å². The van der Waals surface area contributed by atoms with Gasteiger partial charge in [0, 0.05) is 13.0 Å². The molecule has 0 bridgehead atoms. The van der Waals surface area contributed by atoms with Crippen LogP contribution in [0.1, 0.15) is 12.8 Å². The smallest absolute Gasteiger partial charge is 0.0440 e. The SMILES string of the molecule is C#CC#CC#CCCCO. The van der Waals surface area contributed by atoms with Crippen molar-refractivity contribution in [3.63, 3.8) is 0 Å². The summed E-state index contributed by atoms with van der Waals surface area (Å²) in [6, 6.07) is 0. The molecule has 0 saturated heterocycles. The average molecular weight is 132 g/mol. The highest BCUT2D eigenvalue weighted by Gasteiger charge is 1.74. The van der Waals surface area contributed by atoms with E-state index in [2.05, 4.69) is 29.6 Å². The van der Waals surface area contributed by atoms with E-state index in [4.69, 9.17) is 11.5 Å². The van der Waals surface area contributed by atoms with Gasteiger partial charge in [0.05, 0.1) is 0 Å². The van der Waals surface area contributed by atoms with Crippen LogP contribution in [0.3, 0.4) is 0 Å². The zero-order chi connectivity index (χ0) is 7.66. The largest absolute Gasteiger partial charge is 0.396 e. The second-order valence-electron chi connectivity index (χ2n) is 1.52. The van der Waals surface area contributed by atoms with Crippen molar-refractivity contribution < 1.29 is 5.11 Å². The third-order valence-electron chi connectivity index (χ3n) is 0.745. The minimum atomic E-state index is 0.178. The molecule has 1 heteroatoms. The van der Waals surface area contributed by atoms with Gasteiger partial charge < -0.3 is 5.11 Å². The highest BCUT2D eigenvalue weighted by atomic mass is 16.2. The highest BCUT2D eigenvalue weighted by Crippen LogP contribution is 1.81. The summed E-state index contributed by atoms with van der Waals surface area (Å²) in [4.78, 5) is 0. The lowest BCUT2D eigenvalue weighted by Crippen LogP contribution is -1.77. The summed E-state index contributed by atoms with van der Waals surface area (Å²) in [6.45, 7) is 0.178. The van der Waals surface area contributed by atoms with Gasteiger partial charge in [0.25, 0.3) is 0 Å². The third-order valence-corrected chi connectivity index (χ3v) is 0.745. The molecule has 0 rings (SSSR count). The lowest BCUT2D eigenvalue weighted by molar-refractivity contribution is 0.290. The first-order valence-corrected chi connectivity index (χ1v) is 2.96. The molecule has 10 heavy (non-hydrogen) atoms. The molecule has 0 saturated carbocycles. The summed E-state index contributed by atoms with van der Waals surface area (Å²) in [5, 5.41) is 8.33. The molecule has 0 aromatic rings. The van der Waals surface area contributed by atoms with Crippen LogP contribution in [-0.4, -0.2) is 11.7 Å². The standard InChI is InChI=1S/C9H8O/c1-2-3-4-5-6-7-8-9-10/h1,10H,7-9H2. The van der Waals surface area contributed by atoms with E-state index >= 15 is 0 Å². The van der Waals surface area contributed by atoms with Gasteiger partial charge in [0.15, 0.2) is 0 Å². The Kier molecular flexibility index (Phi) is 6.60. The maximum absolute atomic E-state index is 8.33. The predicted molar refractivity (Wildman–Crippen MR) is 40.7 cm³/mol. The molecule has 0 fully saturated rings. The van der Waals surface area contributed by atoms with Crippen LogP contribution in [0.25, 0.3) is 0 Å². The van der Waals surface area contributed by atoms with Crippen LogP contribution in [0.5, 0.6) is 0 Å². The Bertz CT molecular complexity index is 223. The second-order valence-corrected chi connectivity index (χ2v) is 1.52. The summed E-state index contributed by atoms with van der Waals surface area (Å²) in [5.74, 6) is 12.3. The Balaban J connectivity index is 3.43. The number of hydrogen-bond acceptors (Lipinski definition) is 1. The molecule has 0 aromatic carbocycles. The topological polar surface area (TPSA) is 20.2 Å². The number of hydrogen-bond donors (Lipinski definition) is 1. The molecule has 0 unspecified atom stereocenters. The lowest BCUT2D eigenvalue weighted by atomic mass is 10.3. The van der Waals surface area contributed by atoms with Crippen molar-refractivity contribution in [2.45, 2.75) is 12.8 Å². The zero-order valence-corrected chi connectivity index (χ0v) is 5.65. The molecule has 0 aliphatic rings. The van der Waals surface area contributed by atoms with Gasteiger partial charge in [-0.15, -0.1) is 6.42 Å². The van der Waals surface area contributed by atoms with E-state index in [1.807, 2.05) is 0 Å². The highest BCUT2D eigenvalue weighted by molar-refractivity contribution is 5.33. The van der Waals surface area contributed by atoms with E-state index in [1.165, 1.54) is 0 Å². The van der Waals surface area contributed by atoms with E-state index in [0.29, 0.717) is 12.8 Å². The van der Waals surface area contributed by atoms with E-state index < -0.39 is 0 Å². The maximum atomic E-state index is 8.33. The average Bonchev–Trinajstić information content (AvgIpc) is 1.97. The Hall–Kier alpha value is -1.36. The Morgan fingerprint density at radius 2 is 2.00 bits per heavy atom. The fourth-order valence-electron chi connectivity index (χ4n) is 0.341. The number of aliphatic hydroxyl groups is 1. The van der Waals surface area contributed by atoms with Crippen molar-refractivity contribution >= 4 is 0 Å². The summed E-state index contributed by atoms with van der Waals surface area (Å²) in [7, 11) is 0. The minimum Gasteiger partial charge on any atom is -0.396 e. The second kappa shape index (κ2) is 7.64. The Labute approximate surface area is 61.5 Å². The number of unbranched alkanes of at least 4 members (excludes halogenated alkanes) is 1. The monoisotopic (exact) mass is 132 g/mol. The molecule has 0 aromatic heterocycles. The van der Waals surface area contributed by atoms with Crippen LogP contribution in [0.15, 0.2) is 0 Å². The van der Waals surface area contributed by atoms with Crippen molar-refractivity contribution in [1.29, 1.82) is 0 Å². The summed E-state index contributed by atoms with van der Waals surface area (Å²) in [5.41, 5.74) is 0. The number of rotatable bonds is 2. The molecule has 1 N–H and O–H groups in total. The van der Waals surface area contributed by atoms with Gasteiger partial charge in [-0.3, -0.25) is 0 Å². The molecule has 0 spiro atoms. The van der Waals surface area contributed by atoms with Gasteiger partial charge in [0.1, 0.15) is 0 Å². The summed E-state index contributed by atoms with van der Waals surface area (Å²) < 4.78 is 0. The first-order chi connectivity index (χ1) is 4.91. The quantitative estimate of drug-likeness (QED) is 0.426. The fraction of sp³-hybridized carbons (Fsp3) is 0.333. The number of terminal acetylenes is 1. The molecule has 0 aliphatic carbocycles. The molecule has 0 heterocycles. The fourth-order valence-corrected chi connectivity index (χ4v) is 0.341. The molecule has 0 atom stereocenters. The maximum Gasteiger partial charge on any atom is 0.0440 e.